The Morgan fingerprint density at radius 1 is 1.20 bits per heavy atom. The van der Waals surface area contributed by atoms with E-state index in [1.54, 1.807) is 0 Å². The Kier molecular flexibility index (Phi) is 4.34. The van der Waals surface area contributed by atoms with Crippen LogP contribution in [0.1, 0.15) is 15.9 Å². The fourth-order valence-electron chi connectivity index (χ4n) is 1.63. The Balaban J connectivity index is 2.27. The molecule has 2 rings (SSSR count). The van der Waals surface area contributed by atoms with Gasteiger partial charge < -0.3 is 9.84 Å². The van der Waals surface area contributed by atoms with E-state index >= 15 is 0 Å². The zero-order valence-corrected chi connectivity index (χ0v) is 11.7. The number of carboxylic acids is 1. The topological polar surface area (TPSA) is 46.5 Å². The van der Waals surface area contributed by atoms with Crippen molar-refractivity contribution in [3.05, 3.63) is 63.6 Å². The third-order valence-corrected chi connectivity index (χ3v) is 3.07. The van der Waals surface area contributed by atoms with Crippen molar-refractivity contribution < 1.29 is 23.4 Å². The highest BCUT2D eigenvalue weighted by Gasteiger charge is 2.16. The molecule has 2 aromatic carbocycles. The van der Waals surface area contributed by atoms with Crippen molar-refractivity contribution in [3.63, 3.8) is 0 Å². The molecule has 0 aliphatic carbocycles. The first-order valence-corrected chi connectivity index (χ1v) is 6.37. The van der Waals surface area contributed by atoms with E-state index < -0.39 is 23.4 Å². The first kappa shape index (κ1) is 14.5. The van der Waals surface area contributed by atoms with E-state index in [-0.39, 0.29) is 17.7 Å². The SMILES string of the molecule is O=C(O)c1cccc(F)c1OCc1cc(Br)ccc1F. The molecule has 0 heterocycles. The zero-order valence-electron chi connectivity index (χ0n) is 10.1. The number of hydrogen-bond donors (Lipinski definition) is 1. The second kappa shape index (κ2) is 6.00. The first-order chi connectivity index (χ1) is 9.49. The number of carboxylic acid groups (broad SMARTS) is 1. The lowest BCUT2D eigenvalue weighted by Gasteiger charge is -2.11. The normalized spacial score (nSPS) is 10.3. The molecular formula is C14H9BrF2O3. The van der Waals surface area contributed by atoms with Crippen molar-refractivity contribution >= 4 is 21.9 Å². The Hall–Kier alpha value is -1.95. The van der Waals surface area contributed by atoms with Gasteiger partial charge in [-0.15, -0.1) is 0 Å². The maximum absolute atomic E-state index is 13.6. The monoisotopic (exact) mass is 342 g/mol. The van der Waals surface area contributed by atoms with E-state index in [2.05, 4.69) is 15.9 Å². The average Bonchev–Trinajstić information content (AvgIpc) is 2.40. The molecule has 0 amide bonds. The van der Waals surface area contributed by atoms with Gasteiger partial charge in [-0.25, -0.2) is 13.6 Å². The smallest absolute Gasteiger partial charge is 0.339 e. The molecule has 0 aromatic heterocycles. The number of rotatable bonds is 4. The summed E-state index contributed by atoms with van der Waals surface area (Å²) >= 11 is 3.18. The minimum Gasteiger partial charge on any atom is -0.485 e. The maximum atomic E-state index is 13.6. The van der Waals surface area contributed by atoms with Crippen molar-refractivity contribution in [1.82, 2.24) is 0 Å². The van der Waals surface area contributed by atoms with Crippen LogP contribution in [0.3, 0.4) is 0 Å². The maximum Gasteiger partial charge on any atom is 0.339 e. The lowest BCUT2D eigenvalue weighted by Crippen LogP contribution is -2.06. The van der Waals surface area contributed by atoms with E-state index in [1.165, 1.54) is 30.3 Å². The lowest BCUT2D eigenvalue weighted by molar-refractivity contribution is 0.0690. The van der Waals surface area contributed by atoms with Gasteiger partial charge in [-0.05, 0) is 30.3 Å². The summed E-state index contributed by atoms with van der Waals surface area (Å²) in [5.74, 6) is -3.03. The number of hydrogen-bond acceptors (Lipinski definition) is 2. The van der Waals surface area contributed by atoms with Crippen LogP contribution in [0.15, 0.2) is 40.9 Å². The van der Waals surface area contributed by atoms with Crippen molar-refractivity contribution in [3.8, 4) is 5.75 Å². The van der Waals surface area contributed by atoms with Crippen LogP contribution in [0.4, 0.5) is 8.78 Å². The summed E-state index contributed by atoms with van der Waals surface area (Å²) in [4.78, 5) is 11.0. The summed E-state index contributed by atoms with van der Waals surface area (Å²) in [5.41, 5.74) is -0.112. The fourth-order valence-corrected chi connectivity index (χ4v) is 2.04. The van der Waals surface area contributed by atoms with Crippen LogP contribution in [0, 0.1) is 11.6 Å². The molecule has 0 aliphatic rings. The van der Waals surface area contributed by atoms with Gasteiger partial charge in [0, 0.05) is 10.0 Å². The predicted octanol–water partition coefficient (Wildman–Crippen LogP) is 4.00. The Labute approximate surface area is 121 Å². The van der Waals surface area contributed by atoms with E-state index in [1.807, 2.05) is 0 Å². The van der Waals surface area contributed by atoms with Gasteiger partial charge in [0.1, 0.15) is 18.0 Å². The summed E-state index contributed by atoms with van der Waals surface area (Å²) in [5, 5.41) is 8.96. The molecular weight excluding hydrogens is 334 g/mol. The highest BCUT2D eigenvalue weighted by molar-refractivity contribution is 9.10. The highest BCUT2D eigenvalue weighted by atomic mass is 79.9. The molecule has 0 fully saturated rings. The van der Waals surface area contributed by atoms with Crippen molar-refractivity contribution in [2.24, 2.45) is 0 Å². The molecule has 0 saturated heterocycles. The van der Waals surface area contributed by atoms with E-state index in [0.717, 1.165) is 6.07 Å². The second-order valence-corrected chi connectivity index (χ2v) is 4.86. The summed E-state index contributed by atoms with van der Waals surface area (Å²) in [6.45, 7) is -0.271. The summed E-state index contributed by atoms with van der Waals surface area (Å²) in [6.07, 6.45) is 0. The summed E-state index contributed by atoms with van der Waals surface area (Å²) in [7, 11) is 0. The minimum atomic E-state index is -1.31. The van der Waals surface area contributed by atoms with E-state index in [0.29, 0.717) is 4.47 Å². The van der Waals surface area contributed by atoms with Gasteiger partial charge in [0.25, 0.3) is 0 Å². The third-order valence-electron chi connectivity index (χ3n) is 2.58. The van der Waals surface area contributed by atoms with E-state index in [9.17, 15) is 13.6 Å². The molecule has 6 heteroatoms. The van der Waals surface area contributed by atoms with Gasteiger partial charge in [-0.3, -0.25) is 0 Å². The quantitative estimate of drug-likeness (QED) is 0.913. The number of halogens is 3. The molecule has 3 nitrogen and oxygen atoms in total. The molecule has 0 spiro atoms. The van der Waals surface area contributed by atoms with Crippen molar-refractivity contribution in [1.29, 1.82) is 0 Å². The molecule has 0 atom stereocenters. The molecule has 104 valence electrons. The largest absolute Gasteiger partial charge is 0.485 e. The average molecular weight is 343 g/mol. The summed E-state index contributed by atoms with van der Waals surface area (Å²) in [6, 6.07) is 7.81. The Morgan fingerprint density at radius 2 is 1.95 bits per heavy atom. The third kappa shape index (κ3) is 3.14. The second-order valence-electron chi connectivity index (χ2n) is 3.95. The molecule has 20 heavy (non-hydrogen) atoms. The minimum absolute atomic E-state index is 0.193. The molecule has 1 N–H and O–H groups in total. The van der Waals surface area contributed by atoms with Crippen LogP contribution in [0.25, 0.3) is 0 Å². The highest BCUT2D eigenvalue weighted by Crippen LogP contribution is 2.25. The number of aromatic carboxylic acids is 1. The van der Waals surface area contributed by atoms with Crippen LogP contribution >= 0.6 is 15.9 Å². The van der Waals surface area contributed by atoms with E-state index in [4.69, 9.17) is 9.84 Å². The molecule has 2 aromatic rings. The van der Waals surface area contributed by atoms with Crippen LogP contribution < -0.4 is 4.74 Å². The number of para-hydroxylation sites is 1. The van der Waals surface area contributed by atoms with Gasteiger partial charge in [0.05, 0.1) is 0 Å². The molecule has 0 saturated carbocycles. The van der Waals surface area contributed by atoms with Crippen molar-refractivity contribution in [2.45, 2.75) is 6.61 Å². The zero-order chi connectivity index (χ0) is 14.7. The van der Waals surface area contributed by atoms with Crippen LogP contribution in [-0.2, 0) is 6.61 Å². The fraction of sp³-hybridized carbons (Fsp3) is 0.0714. The van der Waals surface area contributed by atoms with Gasteiger partial charge in [-0.2, -0.15) is 0 Å². The Bertz CT molecular complexity index is 659. The van der Waals surface area contributed by atoms with Gasteiger partial charge >= 0.3 is 5.97 Å². The van der Waals surface area contributed by atoms with Gasteiger partial charge in [-0.1, -0.05) is 22.0 Å². The summed E-state index contributed by atoms with van der Waals surface area (Å²) < 4.78 is 32.9. The standard InChI is InChI=1S/C14H9BrF2O3/c15-9-4-5-11(16)8(6-9)7-20-13-10(14(18)19)2-1-3-12(13)17/h1-6H,7H2,(H,18,19). The molecule has 0 radical (unpaired) electrons. The first-order valence-electron chi connectivity index (χ1n) is 5.57. The van der Waals surface area contributed by atoms with Crippen LogP contribution in [0.2, 0.25) is 0 Å². The number of benzene rings is 2. The predicted molar refractivity (Wildman–Crippen MR) is 71.8 cm³/mol. The molecule has 0 unspecified atom stereocenters. The van der Waals surface area contributed by atoms with Crippen molar-refractivity contribution in [2.75, 3.05) is 0 Å². The molecule has 0 bridgehead atoms. The lowest BCUT2D eigenvalue weighted by atomic mass is 10.2. The number of ether oxygens (including phenoxy) is 1. The molecule has 0 aliphatic heterocycles. The number of carbonyl (C=O) groups is 1. The Morgan fingerprint density at radius 3 is 2.65 bits per heavy atom. The van der Waals surface area contributed by atoms with Gasteiger partial charge in [0.15, 0.2) is 11.6 Å². The van der Waals surface area contributed by atoms with Crippen LogP contribution in [-0.4, -0.2) is 11.1 Å². The van der Waals surface area contributed by atoms with Gasteiger partial charge in [0.2, 0.25) is 0 Å². The van der Waals surface area contributed by atoms with Crippen LogP contribution in [0.5, 0.6) is 5.75 Å².